The van der Waals surface area contributed by atoms with E-state index in [4.69, 9.17) is 9.05 Å². The zero-order valence-electron chi connectivity index (χ0n) is 14.6. The Morgan fingerprint density at radius 3 is 2.31 bits per heavy atom. The van der Waals surface area contributed by atoms with Crippen LogP contribution < -0.4 is 0 Å². The smallest absolute Gasteiger partial charge is 0.335 e. The molecule has 2 aromatic rings. The number of nitrogens with zero attached hydrogens (tertiary/aromatic N) is 1. The lowest BCUT2D eigenvalue weighted by molar-refractivity contribution is 0.219. The van der Waals surface area contributed by atoms with Crippen molar-refractivity contribution in [2.24, 2.45) is 4.99 Å². The van der Waals surface area contributed by atoms with Crippen LogP contribution in [0.25, 0.3) is 0 Å². The van der Waals surface area contributed by atoms with Gasteiger partial charge in [0.25, 0.3) is 0 Å². The summed E-state index contributed by atoms with van der Waals surface area (Å²) in [5, 5.41) is 29.3. The average Bonchev–Trinajstić information content (AvgIpc) is 2.58. The largest absolute Gasteiger partial charge is 0.508 e. The van der Waals surface area contributed by atoms with Crippen LogP contribution in [0.15, 0.2) is 41.4 Å². The number of aromatic hydroxyl groups is 3. The van der Waals surface area contributed by atoms with Crippen LogP contribution in [-0.4, -0.2) is 34.7 Å². The second-order valence-corrected chi connectivity index (χ2v) is 7.47. The van der Waals surface area contributed by atoms with Gasteiger partial charge in [0.2, 0.25) is 0 Å². The van der Waals surface area contributed by atoms with E-state index in [1.165, 1.54) is 30.5 Å². The molecule has 0 atom stereocenters. The molecule has 2 aromatic carbocycles. The van der Waals surface area contributed by atoms with Crippen molar-refractivity contribution in [1.29, 1.82) is 0 Å². The van der Waals surface area contributed by atoms with Gasteiger partial charge < -0.3 is 24.4 Å². The Balaban J connectivity index is 2.27. The molecule has 2 rings (SSSR count). The van der Waals surface area contributed by atoms with Crippen molar-refractivity contribution in [1.82, 2.24) is 0 Å². The van der Waals surface area contributed by atoms with Gasteiger partial charge in [-0.1, -0.05) is 0 Å². The van der Waals surface area contributed by atoms with E-state index in [1.54, 1.807) is 26.0 Å². The maximum atomic E-state index is 12.7. The van der Waals surface area contributed by atoms with Crippen LogP contribution in [0.1, 0.15) is 25.0 Å². The second kappa shape index (κ2) is 8.85. The Hall–Kier alpha value is -2.34. The van der Waals surface area contributed by atoms with Gasteiger partial charge in [-0.25, -0.2) is 0 Å². The van der Waals surface area contributed by atoms with Gasteiger partial charge in [-0.05, 0) is 50.2 Å². The summed E-state index contributed by atoms with van der Waals surface area (Å²) in [7, 11) is -3.36. The average molecular weight is 379 g/mol. The molecular weight excluding hydrogens is 357 g/mol. The van der Waals surface area contributed by atoms with E-state index >= 15 is 0 Å². The summed E-state index contributed by atoms with van der Waals surface area (Å²) in [4.78, 5) is 4.22. The third-order valence-electron chi connectivity index (χ3n) is 3.44. The Kier molecular flexibility index (Phi) is 6.80. The van der Waals surface area contributed by atoms with Crippen molar-refractivity contribution < 1.29 is 28.9 Å². The summed E-state index contributed by atoms with van der Waals surface area (Å²) in [6.45, 7) is 3.89. The van der Waals surface area contributed by atoms with Gasteiger partial charge in [0.05, 0.1) is 25.1 Å². The van der Waals surface area contributed by atoms with E-state index in [0.717, 1.165) is 0 Å². The van der Waals surface area contributed by atoms with Crippen LogP contribution in [0.4, 0.5) is 5.69 Å². The highest BCUT2D eigenvalue weighted by Gasteiger charge is 2.25. The summed E-state index contributed by atoms with van der Waals surface area (Å²) in [6, 6.07) is 8.67. The predicted octanol–water partition coefficient (Wildman–Crippen LogP) is 4.32. The summed E-state index contributed by atoms with van der Waals surface area (Å²) in [5.74, 6) is -0.0588. The maximum Gasteiger partial charge on any atom is 0.335 e. The summed E-state index contributed by atoms with van der Waals surface area (Å²) in [6.07, 6.45) is 1.30. The zero-order chi connectivity index (χ0) is 19.2. The molecule has 7 nitrogen and oxygen atoms in total. The molecule has 0 spiro atoms. The van der Waals surface area contributed by atoms with E-state index in [0.29, 0.717) is 16.8 Å². The van der Waals surface area contributed by atoms with E-state index in [2.05, 4.69) is 4.99 Å². The van der Waals surface area contributed by atoms with Crippen molar-refractivity contribution in [3.63, 3.8) is 0 Å². The first-order chi connectivity index (χ1) is 12.4. The first kappa shape index (κ1) is 20.0. The number of hydrogen-bond donors (Lipinski definition) is 3. The Morgan fingerprint density at radius 2 is 1.65 bits per heavy atom. The molecule has 0 fully saturated rings. The van der Waals surface area contributed by atoms with E-state index < -0.39 is 7.60 Å². The molecule has 0 amide bonds. The summed E-state index contributed by atoms with van der Waals surface area (Å²) in [5.41, 5.74) is 1.19. The van der Waals surface area contributed by atoms with Gasteiger partial charge in [-0.2, -0.15) is 0 Å². The predicted molar refractivity (Wildman–Crippen MR) is 99.7 cm³/mol. The van der Waals surface area contributed by atoms with Crippen molar-refractivity contribution in [3.8, 4) is 17.2 Å². The van der Waals surface area contributed by atoms with Crippen molar-refractivity contribution >= 4 is 19.5 Å². The standard InChI is InChI=1S/C18H22NO6P/c1-3-24-26(23,25-4-2)12-14-9-15(5-7-18(14)22)19-11-13-10-16(20)6-8-17(13)21/h5-11,20-22H,3-4,12H2,1-2H3. The molecule has 3 N–H and O–H groups in total. The van der Waals surface area contributed by atoms with E-state index in [9.17, 15) is 19.9 Å². The van der Waals surface area contributed by atoms with Crippen LogP contribution >= 0.6 is 7.60 Å². The molecule has 140 valence electrons. The normalized spacial score (nSPS) is 11.9. The fourth-order valence-electron chi connectivity index (χ4n) is 2.30. The van der Waals surface area contributed by atoms with Crippen molar-refractivity contribution in [2.75, 3.05) is 13.2 Å². The first-order valence-electron chi connectivity index (χ1n) is 8.13. The molecule has 0 bridgehead atoms. The number of phenolic OH excluding ortho intramolecular Hbond substituents is 3. The number of aliphatic imine (C=N–C) groups is 1. The van der Waals surface area contributed by atoms with Crippen LogP contribution in [0.2, 0.25) is 0 Å². The minimum absolute atomic E-state index is 0.00464. The van der Waals surface area contributed by atoms with Gasteiger partial charge in [0, 0.05) is 17.3 Å². The van der Waals surface area contributed by atoms with Crippen LogP contribution in [-0.2, 0) is 19.8 Å². The number of hydrogen-bond acceptors (Lipinski definition) is 7. The van der Waals surface area contributed by atoms with Gasteiger partial charge in [0.15, 0.2) is 0 Å². The Morgan fingerprint density at radius 1 is 1.00 bits per heavy atom. The fraction of sp³-hybridized carbons (Fsp3) is 0.278. The molecular formula is C18H22NO6P. The van der Waals surface area contributed by atoms with Crippen LogP contribution in [0.3, 0.4) is 0 Å². The number of benzene rings is 2. The molecule has 0 aliphatic heterocycles. The molecule has 8 heteroatoms. The second-order valence-electron chi connectivity index (χ2n) is 5.42. The van der Waals surface area contributed by atoms with Crippen LogP contribution in [0, 0.1) is 0 Å². The Labute approximate surface area is 152 Å². The van der Waals surface area contributed by atoms with Crippen LogP contribution in [0.5, 0.6) is 17.2 Å². The zero-order valence-corrected chi connectivity index (χ0v) is 15.5. The molecule has 0 saturated carbocycles. The molecule has 0 aromatic heterocycles. The number of phenols is 3. The lowest BCUT2D eigenvalue weighted by Gasteiger charge is -2.17. The summed E-state index contributed by atoms with van der Waals surface area (Å²) >= 11 is 0. The molecule has 0 saturated heterocycles. The fourth-order valence-corrected chi connectivity index (χ4v) is 4.01. The highest BCUT2D eigenvalue weighted by Crippen LogP contribution is 2.52. The summed E-state index contributed by atoms with van der Waals surface area (Å²) < 4.78 is 23.2. The van der Waals surface area contributed by atoms with Crippen molar-refractivity contribution in [2.45, 2.75) is 20.0 Å². The van der Waals surface area contributed by atoms with E-state index in [-0.39, 0.29) is 36.6 Å². The molecule has 0 unspecified atom stereocenters. The Bertz CT molecular complexity index is 826. The lowest BCUT2D eigenvalue weighted by atomic mass is 10.2. The van der Waals surface area contributed by atoms with Crippen molar-refractivity contribution in [3.05, 3.63) is 47.5 Å². The third kappa shape index (κ3) is 5.33. The number of rotatable bonds is 8. The van der Waals surface area contributed by atoms with Gasteiger partial charge in [-0.3, -0.25) is 9.56 Å². The monoisotopic (exact) mass is 379 g/mol. The van der Waals surface area contributed by atoms with E-state index in [1.807, 2.05) is 0 Å². The first-order valence-corrected chi connectivity index (χ1v) is 9.85. The topological polar surface area (TPSA) is 109 Å². The molecule has 0 heterocycles. The SMILES string of the molecule is CCOP(=O)(Cc1cc(N=Cc2cc(O)ccc2O)ccc1O)OCC. The molecule has 0 radical (unpaired) electrons. The quantitative estimate of drug-likeness (QED) is 0.358. The third-order valence-corrected chi connectivity index (χ3v) is 5.47. The molecule has 0 aliphatic carbocycles. The molecule has 26 heavy (non-hydrogen) atoms. The van der Waals surface area contributed by atoms with Gasteiger partial charge in [0.1, 0.15) is 17.2 Å². The minimum Gasteiger partial charge on any atom is -0.508 e. The lowest BCUT2D eigenvalue weighted by Crippen LogP contribution is -1.99. The molecule has 0 aliphatic rings. The minimum atomic E-state index is -3.36. The highest BCUT2D eigenvalue weighted by atomic mass is 31.2. The highest BCUT2D eigenvalue weighted by molar-refractivity contribution is 7.53. The van der Waals surface area contributed by atoms with Gasteiger partial charge in [-0.15, -0.1) is 0 Å². The van der Waals surface area contributed by atoms with Gasteiger partial charge >= 0.3 is 7.60 Å². The maximum absolute atomic E-state index is 12.7.